The van der Waals surface area contributed by atoms with Crippen molar-refractivity contribution in [2.45, 2.75) is 48.4 Å². The van der Waals surface area contributed by atoms with Crippen LogP contribution in [0, 0.1) is 0 Å². The van der Waals surface area contributed by atoms with E-state index in [1.807, 2.05) is 13.8 Å². The summed E-state index contributed by atoms with van der Waals surface area (Å²) in [6, 6.07) is 0. The molecule has 2 aliphatic heterocycles. The van der Waals surface area contributed by atoms with Gasteiger partial charge in [0.15, 0.2) is 0 Å². The van der Waals surface area contributed by atoms with Crippen LogP contribution < -0.4 is 0 Å². The monoisotopic (exact) mass is 696 g/mol. The van der Waals surface area contributed by atoms with Gasteiger partial charge in [-0.3, -0.25) is 0 Å². The molecule has 0 bridgehead atoms. The Kier molecular flexibility index (Phi) is 10.6. The molecule has 0 radical (unpaired) electrons. The van der Waals surface area contributed by atoms with E-state index in [4.69, 9.17) is 18.4 Å². The SMILES string of the molecule is CCC[CH2][Sn]1([O]C(=O)/C=C\C(=O)[O][Sn]2([CH2]CCC)[O]C(=O)C=CC(=O)[O]2)[O]C(=O)C=CC(=O)[O]1. The van der Waals surface area contributed by atoms with Crippen molar-refractivity contribution in [3.8, 4) is 0 Å². The topological polar surface area (TPSA) is 158 Å². The quantitative estimate of drug-likeness (QED) is 0.240. The maximum atomic E-state index is 12.4. The fourth-order valence-electron chi connectivity index (χ4n) is 2.75. The van der Waals surface area contributed by atoms with Crippen molar-refractivity contribution < 1.29 is 47.2 Å². The van der Waals surface area contributed by atoms with Crippen LogP contribution in [0.2, 0.25) is 8.87 Å². The molecule has 2 heterocycles. The van der Waals surface area contributed by atoms with Gasteiger partial charge in [-0.25, -0.2) is 0 Å². The summed E-state index contributed by atoms with van der Waals surface area (Å²) >= 11 is -9.93. The van der Waals surface area contributed by atoms with Crippen molar-refractivity contribution in [2.75, 3.05) is 0 Å². The first-order valence-electron chi connectivity index (χ1n) is 10.5. The average Bonchev–Trinajstić information content (AvgIpc) is 3.00. The second kappa shape index (κ2) is 12.9. The zero-order valence-electron chi connectivity index (χ0n) is 18.6. The molecule has 0 aromatic rings. The molecule has 0 fully saturated rings. The molecule has 34 heavy (non-hydrogen) atoms. The van der Waals surface area contributed by atoms with Gasteiger partial charge < -0.3 is 0 Å². The fraction of sp³-hybridized carbons (Fsp3) is 0.400. The average molecular weight is 694 g/mol. The molecule has 0 atom stereocenters. The summed E-state index contributed by atoms with van der Waals surface area (Å²) in [4.78, 5) is 72.1. The van der Waals surface area contributed by atoms with Crippen molar-refractivity contribution in [1.29, 1.82) is 0 Å². The second-order valence-corrected chi connectivity index (χ2v) is 21.2. The Bertz CT molecular complexity index is 822. The normalized spacial score (nSPS) is 18.8. The summed E-state index contributed by atoms with van der Waals surface area (Å²) in [6.45, 7) is 3.69. The molecule has 2 aliphatic rings. The Morgan fingerprint density at radius 2 is 0.971 bits per heavy atom. The number of hydrogen-bond donors (Lipinski definition) is 0. The van der Waals surface area contributed by atoms with Crippen LogP contribution in [0.25, 0.3) is 0 Å². The Morgan fingerprint density at radius 1 is 0.676 bits per heavy atom. The summed E-state index contributed by atoms with van der Waals surface area (Å²) in [6.07, 6.45) is 7.14. The van der Waals surface area contributed by atoms with Gasteiger partial charge in [0.05, 0.1) is 0 Å². The summed E-state index contributed by atoms with van der Waals surface area (Å²) in [5.41, 5.74) is 0. The zero-order chi connectivity index (χ0) is 25.2. The molecule has 0 aromatic heterocycles. The second-order valence-electron chi connectivity index (χ2n) is 7.10. The van der Waals surface area contributed by atoms with Crippen molar-refractivity contribution in [3.05, 3.63) is 36.5 Å². The van der Waals surface area contributed by atoms with Crippen LogP contribution in [-0.2, 0) is 47.2 Å². The molecule has 0 aromatic carbocycles. The van der Waals surface area contributed by atoms with E-state index in [0.29, 0.717) is 37.8 Å². The van der Waals surface area contributed by atoms with Crippen LogP contribution in [0.4, 0.5) is 0 Å². The van der Waals surface area contributed by atoms with Crippen LogP contribution in [0.1, 0.15) is 39.5 Å². The molecule has 12 nitrogen and oxygen atoms in total. The van der Waals surface area contributed by atoms with E-state index in [9.17, 15) is 28.8 Å². The molecule has 0 saturated heterocycles. The Hall–Kier alpha value is -2.36. The summed E-state index contributed by atoms with van der Waals surface area (Å²) in [7, 11) is 0. The Balaban J connectivity index is 2.12. The first kappa shape index (κ1) is 27.9. The van der Waals surface area contributed by atoms with Gasteiger partial charge in [-0.1, -0.05) is 0 Å². The summed E-state index contributed by atoms with van der Waals surface area (Å²) < 4.78 is 31.5. The molecule has 0 unspecified atom stereocenters. The van der Waals surface area contributed by atoms with Gasteiger partial charge in [-0.15, -0.1) is 0 Å². The van der Waals surface area contributed by atoms with E-state index >= 15 is 0 Å². The third kappa shape index (κ3) is 8.77. The van der Waals surface area contributed by atoms with Gasteiger partial charge in [0.2, 0.25) is 0 Å². The van der Waals surface area contributed by atoms with Crippen LogP contribution in [0.3, 0.4) is 0 Å². The Morgan fingerprint density at radius 3 is 1.24 bits per heavy atom. The van der Waals surface area contributed by atoms with Crippen LogP contribution in [0.5, 0.6) is 0 Å². The number of unbranched alkanes of at least 4 members (excludes halogenated alkanes) is 2. The molecule has 0 amide bonds. The van der Waals surface area contributed by atoms with E-state index in [1.54, 1.807) is 0 Å². The first-order chi connectivity index (χ1) is 16.1. The number of rotatable bonds is 10. The van der Waals surface area contributed by atoms with Crippen molar-refractivity contribution in [1.82, 2.24) is 0 Å². The van der Waals surface area contributed by atoms with Crippen molar-refractivity contribution >= 4 is 75.1 Å². The summed E-state index contributed by atoms with van der Waals surface area (Å²) in [5.74, 6) is -5.67. The van der Waals surface area contributed by atoms with E-state index in [0.717, 1.165) is 24.3 Å². The minimum atomic E-state index is -4.96. The number of carbonyl (C=O) groups is 6. The standard InChI is InChI=1S/3C4H4O4.2C4H9.2Sn/c3*5-3(6)1-2-4(7)8;2*1-3-4-2;;/h3*1-2H,(H,5,6)(H,7,8);2*1,3-4H2,2H3;;/q;;;;;2*+3/p-6/b2-1-;;;;;;. The molecular weight excluding hydrogens is 670 g/mol. The van der Waals surface area contributed by atoms with Gasteiger partial charge in [0.25, 0.3) is 0 Å². The first-order valence-corrected chi connectivity index (χ1v) is 21.6. The molecule has 0 N–H and O–H groups in total. The molecular formula is C20H24O12Sn2. The summed E-state index contributed by atoms with van der Waals surface area (Å²) in [5, 5.41) is 0. The van der Waals surface area contributed by atoms with Crippen molar-refractivity contribution in [2.24, 2.45) is 0 Å². The molecule has 14 heteroatoms. The van der Waals surface area contributed by atoms with Crippen LogP contribution >= 0.6 is 0 Å². The Labute approximate surface area is 206 Å². The third-order valence-corrected chi connectivity index (χ3v) is 18.6. The van der Waals surface area contributed by atoms with E-state index in [1.165, 1.54) is 0 Å². The van der Waals surface area contributed by atoms with E-state index in [2.05, 4.69) is 0 Å². The van der Waals surface area contributed by atoms with Crippen LogP contribution in [-0.4, -0.2) is 75.1 Å². The number of carbonyl (C=O) groups excluding carboxylic acids is 6. The van der Waals surface area contributed by atoms with Crippen LogP contribution in [0.15, 0.2) is 36.5 Å². The number of hydrogen-bond acceptors (Lipinski definition) is 12. The van der Waals surface area contributed by atoms with Gasteiger partial charge in [0.1, 0.15) is 0 Å². The van der Waals surface area contributed by atoms with E-state index in [-0.39, 0.29) is 8.87 Å². The maximum absolute atomic E-state index is 12.4. The van der Waals surface area contributed by atoms with Gasteiger partial charge >= 0.3 is 207 Å². The molecule has 0 spiro atoms. The molecule has 0 saturated carbocycles. The van der Waals surface area contributed by atoms with Gasteiger partial charge in [-0.05, 0) is 0 Å². The predicted molar refractivity (Wildman–Crippen MR) is 115 cm³/mol. The fourth-order valence-corrected chi connectivity index (χ4v) is 16.1. The van der Waals surface area contributed by atoms with Gasteiger partial charge in [0, 0.05) is 0 Å². The molecule has 2 rings (SSSR count). The predicted octanol–water partition coefficient (Wildman–Crippen LogP) is 1.42. The van der Waals surface area contributed by atoms with Crippen molar-refractivity contribution in [3.63, 3.8) is 0 Å². The molecule has 0 aliphatic carbocycles. The van der Waals surface area contributed by atoms with Gasteiger partial charge in [-0.2, -0.15) is 0 Å². The zero-order valence-corrected chi connectivity index (χ0v) is 24.3. The molecule has 184 valence electrons. The third-order valence-electron chi connectivity index (χ3n) is 4.28. The van der Waals surface area contributed by atoms with E-state index < -0.39 is 75.1 Å². The minimum absolute atomic E-state index is 0.0733.